The average molecular weight is 421 g/mol. The Morgan fingerprint density at radius 2 is 0.733 bits per heavy atom. The molecule has 0 radical (unpaired) electrons. The van der Waals surface area contributed by atoms with E-state index in [4.69, 9.17) is 0 Å². The molecular formula is C25H49LiO4. The SMILES string of the molecule is CCCCCCCCCCCC(CCCCCCCCCCC)(C(=O)O)C(=O)O.[LiH]. The summed E-state index contributed by atoms with van der Waals surface area (Å²) in [4.78, 5) is 23.6. The van der Waals surface area contributed by atoms with Crippen LogP contribution in [0.3, 0.4) is 0 Å². The molecule has 0 aromatic carbocycles. The van der Waals surface area contributed by atoms with Crippen molar-refractivity contribution in [1.29, 1.82) is 0 Å². The third-order valence-electron chi connectivity index (χ3n) is 6.23. The Morgan fingerprint density at radius 1 is 0.500 bits per heavy atom. The van der Waals surface area contributed by atoms with E-state index in [1.54, 1.807) is 0 Å². The van der Waals surface area contributed by atoms with Crippen LogP contribution >= 0.6 is 0 Å². The van der Waals surface area contributed by atoms with Gasteiger partial charge in [0.15, 0.2) is 5.41 Å². The van der Waals surface area contributed by atoms with Gasteiger partial charge in [-0.15, -0.1) is 0 Å². The Bertz CT molecular complexity index is 374. The minimum absolute atomic E-state index is 0. The average Bonchev–Trinajstić information content (AvgIpc) is 2.69. The third kappa shape index (κ3) is 15.4. The van der Waals surface area contributed by atoms with Crippen molar-refractivity contribution in [2.75, 3.05) is 0 Å². The summed E-state index contributed by atoms with van der Waals surface area (Å²) >= 11 is 0. The van der Waals surface area contributed by atoms with Crippen LogP contribution in [0.15, 0.2) is 0 Å². The van der Waals surface area contributed by atoms with Gasteiger partial charge in [0, 0.05) is 0 Å². The van der Waals surface area contributed by atoms with Gasteiger partial charge in [0.2, 0.25) is 0 Å². The molecule has 0 aliphatic heterocycles. The summed E-state index contributed by atoms with van der Waals surface area (Å²) in [7, 11) is 0. The first kappa shape index (κ1) is 31.7. The van der Waals surface area contributed by atoms with Gasteiger partial charge in [0.05, 0.1) is 0 Å². The molecule has 0 unspecified atom stereocenters. The quantitative estimate of drug-likeness (QED) is 0.109. The van der Waals surface area contributed by atoms with Crippen molar-refractivity contribution >= 4 is 30.8 Å². The molecule has 0 heterocycles. The van der Waals surface area contributed by atoms with Gasteiger partial charge in [-0.25, -0.2) is 0 Å². The maximum absolute atomic E-state index is 11.8. The van der Waals surface area contributed by atoms with E-state index in [-0.39, 0.29) is 31.7 Å². The maximum atomic E-state index is 11.8. The van der Waals surface area contributed by atoms with Gasteiger partial charge in [0.25, 0.3) is 0 Å². The number of carboxylic acids is 2. The predicted molar refractivity (Wildman–Crippen MR) is 129 cm³/mol. The van der Waals surface area contributed by atoms with Crippen LogP contribution in [0.25, 0.3) is 0 Å². The fraction of sp³-hybridized carbons (Fsp3) is 0.920. The molecule has 30 heavy (non-hydrogen) atoms. The molecule has 4 nitrogen and oxygen atoms in total. The third-order valence-corrected chi connectivity index (χ3v) is 6.23. The zero-order valence-corrected chi connectivity index (χ0v) is 19.4. The van der Waals surface area contributed by atoms with Gasteiger partial charge in [-0.2, -0.15) is 0 Å². The molecule has 0 rings (SSSR count). The zero-order chi connectivity index (χ0) is 21.8. The molecule has 0 bridgehead atoms. The second-order valence-corrected chi connectivity index (χ2v) is 8.85. The summed E-state index contributed by atoms with van der Waals surface area (Å²) in [6.45, 7) is 4.43. The number of hydrogen-bond donors (Lipinski definition) is 2. The monoisotopic (exact) mass is 420 g/mol. The van der Waals surface area contributed by atoms with E-state index in [9.17, 15) is 19.8 Å². The molecular weight excluding hydrogens is 371 g/mol. The second-order valence-electron chi connectivity index (χ2n) is 8.85. The predicted octanol–water partition coefficient (Wildman–Crippen LogP) is 7.34. The topological polar surface area (TPSA) is 74.6 Å². The van der Waals surface area contributed by atoms with Crippen molar-refractivity contribution in [2.24, 2.45) is 5.41 Å². The van der Waals surface area contributed by atoms with Crippen LogP contribution in [-0.4, -0.2) is 41.0 Å². The molecule has 0 fully saturated rings. The summed E-state index contributed by atoms with van der Waals surface area (Å²) in [5, 5.41) is 19.3. The van der Waals surface area contributed by atoms with Gasteiger partial charge in [-0.3, -0.25) is 9.59 Å². The number of carbonyl (C=O) groups is 2. The summed E-state index contributed by atoms with van der Waals surface area (Å²) < 4.78 is 0. The molecule has 0 aliphatic carbocycles. The van der Waals surface area contributed by atoms with Crippen LogP contribution in [0.1, 0.15) is 142 Å². The van der Waals surface area contributed by atoms with E-state index in [2.05, 4.69) is 13.8 Å². The van der Waals surface area contributed by atoms with E-state index in [0.717, 1.165) is 25.7 Å². The van der Waals surface area contributed by atoms with Crippen molar-refractivity contribution < 1.29 is 19.8 Å². The number of aliphatic carboxylic acids is 2. The first-order chi connectivity index (χ1) is 14.0. The van der Waals surface area contributed by atoms with Crippen LogP contribution in [0.4, 0.5) is 0 Å². The van der Waals surface area contributed by atoms with Crippen LogP contribution in [0, 0.1) is 5.41 Å². The minimum atomic E-state index is -1.58. The number of carboxylic acid groups (broad SMARTS) is 2. The molecule has 0 amide bonds. The normalized spacial score (nSPS) is 11.3. The van der Waals surface area contributed by atoms with E-state index >= 15 is 0 Å². The molecule has 0 aromatic rings. The van der Waals surface area contributed by atoms with Crippen LogP contribution < -0.4 is 0 Å². The van der Waals surface area contributed by atoms with Crippen molar-refractivity contribution in [3.8, 4) is 0 Å². The molecule has 5 heteroatoms. The number of hydrogen-bond acceptors (Lipinski definition) is 2. The molecule has 2 N–H and O–H groups in total. The first-order valence-electron chi connectivity index (χ1n) is 12.5. The van der Waals surface area contributed by atoms with Crippen molar-refractivity contribution in [3.63, 3.8) is 0 Å². The zero-order valence-electron chi connectivity index (χ0n) is 19.4. The van der Waals surface area contributed by atoms with Crippen LogP contribution in [0.2, 0.25) is 0 Å². The van der Waals surface area contributed by atoms with Gasteiger partial charge >= 0.3 is 30.8 Å². The summed E-state index contributed by atoms with van der Waals surface area (Å²) in [5.74, 6) is -2.30. The standard InChI is InChI=1S/C25H48O4.Li.H/c1-3-5-7-9-11-13-15-17-19-21-25(23(26)27,24(28)29)22-20-18-16-14-12-10-8-6-4-2;;/h3-22H2,1-2H3,(H,26,27)(H,28,29);;. The van der Waals surface area contributed by atoms with Crippen LogP contribution in [-0.2, 0) is 9.59 Å². The molecule has 0 atom stereocenters. The Morgan fingerprint density at radius 3 is 0.967 bits per heavy atom. The van der Waals surface area contributed by atoms with Crippen molar-refractivity contribution in [3.05, 3.63) is 0 Å². The molecule has 0 spiro atoms. The van der Waals surface area contributed by atoms with Crippen molar-refractivity contribution in [2.45, 2.75) is 142 Å². The molecule has 0 aromatic heterocycles. The Labute approximate surface area is 198 Å². The van der Waals surface area contributed by atoms with Gasteiger partial charge in [-0.05, 0) is 12.8 Å². The van der Waals surface area contributed by atoms with E-state index in [1.807, 2.05) is 0 Å². The summed E-state index contributed by atoms with van der Waals surface area (Å²) in [6, 6.07) is 0. The Balaban J connectivity index is 0. The Kier molecular flexibility index (Phi) is 23.0. The summed E-state index contributed by atoms with van der Waals surface area (Å²) in [5.41, 5.74) is -1.58. The molecule has 0 saturated heterocycles. The fourth-order valence-corrected chi connectivity index (χ4v) is 4.12. The van der Waals surface area contributed by atoms with Gasteiger partial charge in [0.1, 0.15) is 0 Å². The van der Waals surface area contributed by atoms with Crippen molar-refractivity contribution in [1.82, 2.24) is 0 Å². The van der Waals surface area contributed by atoms with E-state index in [0.29, 0.717) is 12.8 Å². The second kappa shape index (κ2) is 21.8. The fourth-order valence-electron chi connectivity index (χ4n) is 4.12. The number of rotatable bonds is 22. The number of unbranched alkanes of at least 4 members (excludes halogenated alkanes) is 16. The van der Waals surface area contributed by atoms with E-state index in [1.165, 1.54) is 77.0 Å². The molecule has 0 saturated carbocycles. The Hall–Kier alpha value is -0.463. The molecule has 0 aliphatic rings. The van der Waals surface area contributed by atoms with Gasteiger partial charge < -0.3 is 10.2 Å². The first-order valence-corrected chi connectivity index (χ1v) is 12.5. The molecule has 174 valence electrons. The van der Waals surface area contributed by atoms with Gasteiger partial charge in [-0.1, -0.05) is 129 Å². The summed E-state index contributed by atoms with van der Waals surface area (Å²) in [6.07, 6.45) is 21.1. The van der Waals surface area contributed by atoms with Crippen LogP contribution in [0.5, 0.6) is 0 Å². The van der Waals surface area contributed by atoms with E-state index < -0.39 is 17.4 Å².